The molecule has 74 valence electrons. The van der Waals surface area contributed by atoms with Gasteiger partial charge in [0.2, 0.25) is 0 Å². The lowest BCUT2D eigenvalue weighted by molar-refractivity contribution is 0.637. The number of fused-ring (bicyclic) bond motifs is 1. The highest BCUT2D eigenvalue weighted by Gasteiger charge is 2.09. The number of hydrogen-bond acceptors (Lipinski definition) is 1. The molecule has 0 amide bonds. The van der Waals surface area contributed by atoms with Crippen molar-refractivity contribution < 1.29 is 4.39 Å². The number of H-pyrrole nitrogens is 1. The molecule has 14 heavy (non-hydrogen) atoms. The van der Waals surface area contributed by atoms with Gasteiger partial charge in [0.1, 0.15) is 5.82 Å². The third-order valence-corrected chi connectivity index (χ3v) is 2.50. The maximum atomic E-state index is 13.4. The van der Waals surface area contributed by atoms with E-state index in [1.165, 1.54) is 6.07 Å². The third-order valence-electron chi connectivity index (χ3n) is 2.50. The molecule has 0 spiro atoms. The molecule has 0 saturated carbocycles. The van der Waals surface area contributed by atoms with Crippen LogP contribution in [0, 0.1) is 12.7 Å². The Morgan fingerprint density at radius 1 is 1.43 bits per heavy atom. The van der Waals surface area contributed by atoms with E-state index < -0.39 is 0 Å². The Labute approximate surface area is 81.9 Å². The first-order valence-corrected chi connectivity index (χ1v) is 4.69. The minimum absolute atomic E-state index is 0.200. The second kappa shape index (κ2) is 3.42. The molecule has 2 nitrogen and oxygen atoms in total. The average molecular weight is 192 g/mol. The molecule has 0 fully saturated rings. The first kappa shape index (κ1) is 9.21. The van der Waals surface area contributed by atoms with Gasteiger partial charge in [0.15, 0.2) is 0 Å². The van der Waals surface area contributed by atoms with Crippen LogP contribution in [0.5, 0.6) is 0 Å². The molecule has 0 bridgehead atoms. The van der Waals surface area contributed by atoms with Crippen molar-refractivity contribution in [1.29, 1.82) is 0 Å². The van der Waals surface area contributed by atoms with Gasteiger partial charge in [-0.3, -0.25) is 0 Å². The summed E-state index contributed by atoms with van der Waals surface area (Å²) in [4.78, 5) is 3.05. The first-order chi connectivity index (χ1) is 6.74. The molecule has 3 N–H and O–H groups in total. The van der Waals surface area contributed by atoms with Crippen molar-refractivity contribution in [1.82, 2.24) is 4.98 Å². The quantitative estimate of drug-likeness (QED) is 0.751. The largest absolute Gasteiger partial charge is 0.356 e. The zero-order valence-corrected chi connectivity index (χ0v) is 8.10. The van der Waals surface area contributed by atoms with Crippen LogP contribution in [0.15, 0.2) is 18.2 Å². The average Bonchev–Trinajstić information content (AvgIpc) is 2.47. The van der Waals surface area contributed by atoms with Crippen LogP contribution in [0.2, 0.25) is 0 Å². The van der Waals surface area contributed by atoms with Gasteiger partial charge in [-0.2, -0.15) is 0 Å². The van der Waals surface area contributed by atoms with Gasteiger partial charge in [-0.1, -0.05) is 12.1 Å². The number of halogens is 1. The Hall–Kier alpha value is -1.35. The second-order valence-corrected chi connectivity index (χ2v) is 3.43. The monoisotopic (exact) mass is 192 g/mol. The minimum atomic E-state index is -0.200. The predicted octanol–water partition coefficient (Wildman–Crippen LogP) is 2.12. The van der Waals surface area contributed by atoms with Crippen molar-refractivity contribution in [2.75, 3.05) is 6.54 Å². The summed E-state index contributed by atoms with van der Waals surface area (Å²) in [6.45, 7) is 2.54. The van der Waals surface area contributed by atoms with Gasteiger partial charge >= 0.3 is 0 Å². The Balaban J connectivity index is 2.70. The highest BCUT2D eigenvalue weighted by atomic mass is 19.1. The van der Waals surface area contributed by atoms with E-state index in [-0.39, 0.29) is 5.82 Å². The van der Waals surface area contributed by atoms with E-state index in [4.69, 9.17) is 5.73 Å². The van der Waals surface area contributed by atoms with Gasteiger partial charge in [-0.05, 0) is 31.5 Å². The van der Waals surface area contributed by atoms with E-state index in [1.807, 2.05) is 13.0 Å². The molecule has 0 saturated heterocycles. The number of rotatable bonds is 2. The maximum absolute atomic E-state index is 13.4. The summed E-state index contributed by atoms with van der Waals surface area (Å²) in [5, 5.41) is 0.952. The van der Waals surface area contributed by atoms with E-state index >= 15 is 0 Å². The lowest BCUT2D eigenvalue weighted by atomic mass is 10.1. The van der Waals surface area contributed by atoms with Crippen molar-refractivity contribution >= 4 is 10.9 Å². The van der Waals surface area contributed by atoms with Gasteiger partial charge in [0.25, 0.3) is 0 Å². The normalized spacial score (nSPS) is 11.1. The summed E-state index contributed by atoms with van der Waals surface area (Å²) in [5.41, 5.74) is 8.24. The molecule has 2 rings (SSSR count). The number of aromatic nitrogens is 1. The van der Waals surface area contributed by atoms with Crippen LogP contribution in [-0.2, 0) is 6.42 Å². The molecule has 0 aliphatic rings. The predicted molar refractivity (Wildman–Crippen MR) is 55.8 cm³/mol. The molecule has 0 aliphatic carbocycles. The van der Waals surface area contributed by atoms with Crippen LogP contribution in [-0.4, -0.2) is 11.5 Å². The Kier molecular flexibility index (Phi) is 2.25. The zero-order chi connectivity index (χ0) is 10.1. The molecule has 1 aromatic heterocycles. The number of aryl methyl sites for hydroxylation is 1. The molecule has 0 atom stereocenters. The maximum Gasteiger partial charge on any atom is 0.147 e. The highest BCUT2D eigenvalue weighted by molar-refractivity contribution is 5.85. The van der Waals surface area contributed by atoms with Crippen LogP contribution in [0.1, 0.15) is 11.3 Å². The summed E-state index contributed by atoms with van der Waals surface area (Å²) in [7, 11) is 0. The van der Waals surface area contributed by atoms with Crippen molar-refractivity contribution in [3.8, 4) is 0 Å². The summed E-state index contributed by atoms with van der Waals surface area (Å²) in [5.74, 6) is -0.200. The molecule has 0 unspecified atom stereocenters. The lowest BCUT2D eigenvalue weighted by Crippen LogP contribution is -2.03. The van der Waals surface area contributed by atoms with E-state index in [0.29, 0.717) is 12.1 Å². The Morgan fingerprint density at radius 3 is 2.93 bits per heavy atom. The number of para-hydroxylation sites is 1. The number of benzene rings is 1. The van der Waals surface area contributed by atoms with Crippen LogP contribution in [0.25, 0.3) is 10.9 Å². The molecule has 3 heteroatoms. The first-order valence-electron chi connectivity index (χ1n) is 4.69. The summed E-state index contributed by atoms with van der Waals surface area (Å²) in [6, 6.07) is 5.11. The third kappa shape index (κ3) is 1.30. The molecular weight excluding hydrogens is 179 g/mol. The van der Waals surface area contributed by atoms with E-state index in [0.717, 1.165) is 23.1 Å². The van der Waals surface area contributed by atoms with Gasteiger partial charge in [-0.15, -0.1) is 0 Å². The van der Waals surface area contributed by atoms with E-state index in [1.54, 1.807) is 6.07 Å². The van der Waals surface area contributed by atoms with Gasteiger partial charge in [0.05, 0.1) is 5.52 Å². The smallest absolute Gasteiger partial charge is 0.147 e. The van der Waals surface area contributed by atoms with E-state index in [9.17, 15) is 4.39 Å². The minimum Gasteiger partial charge on any atom is -0.356 e. The molecular formula is C11H13FN2. The van der Waals surface area contributed by atoms with Crippen LogP contribution in [0.3, 0.4) is 0 Å². The van der Waals surface area contributed by atoms with Gasteiger partial charge in [-0.25, -0.2) is 4.39 Å². The summed E-state index contributed by atoms with van der Waals surface area (Å²) in [6.07, 6.45) is 0.787. The topological polar surface area (TPSA) is 41.8 Å². The highest BCUT2D eigenvalue weighted by Crippen LogP contribution is 2.24. The molecule has 1 aromatic carbocycles. The van der Waals surface area contributed by atoms with Gasteiger partial charge < -0.3 is 10.7 Å². The van der Waals surface area contributed by atoms with Crippen molar-refractivity contribution in [3.05, 3.63) is 35.3 Å². The van der Waals surface area contributed by atoms with Crippen LogP contribution < -0.4 is 5.73 Å². The van der Waals surface area contributed by atoms with Crippen LogP contribution >= 0.6 is 0 Å². The molecule has 1 heterocycles. The van der Waals surface area contributed by atoms with Crippen molar-refractivity contribution in [3.63, 3.8) is 0 Å². The molecule has 0 aliphatic heterocycles. The Morgan fingerprint density at radius 2 is 2.21 bits per heavy atom. The van der Waals surface area contributed by atoms with E-state index in [2.05, 4.69) is 4.98 Å². The fourth-order valence-corrected chi connectivity index (χ4v) is 1.83. The lowest BCUT2D eigenvalue weighted by Gasteiger charge is -1.97. The standard InChI is InChI=1S/C11H13FN2/c1-7-8(5-6-13)9-3-2-4-10(12)11(9)14-7/h2-4,14H,5-6,13H2,1H3. The molecule has 0 radical (unpaired) electrons. The fourth-order valence-electron chi connectivity index (χ4n) is 1.83. The van der Waals surface area contributed by atoms with Crippen molar-refractivity contribution in [2.45, 2.75) is 13.3 Å². The fraction of sp³-hybridized carbons (Fsp3) is 0.273. The Bertz CT molecular complexity index is 460. The van der Waals surface area contributed by atoms with Gasteiger partial charge in [0, 0.05) is 11.1 Å². The number of aromatic amines is 1. The van der Waals surface area contributed by atoms with Crippen LogP contribution in [0.4, 0.5) is 4.39 Å². The summed E-state index contributed by atoms with van der Waals surface area (Å²) >= 11 is 0. The van der Waals surface area contributed by atoms with Crippen molar-refractivity contribution in [2.24, 2.45) is 5.73 Å². The molecule has 2 aromatic rings. The number of nitrogens with two attached hydrogens (primary N) is 1. The second-order valence-electron chi connectivity index (χ2n) is 3.43. The summed E-state index contributed by atoms with van der Waals surface area (Å²) < 4.78 is 13.4. The number of nitrogens with one attached hydrogen (secondary N) is 1. The zero-order valence-electron chi connectivity index (χ0n) is 8.10. The number of hydrogen-bond donors (Lipinski definition) is 2. The SMILES string of the molecule is Cc1[nH]c2c(F)cccc2c1CCN.